The number of H-pyrrole nitrogens is 1. The lowest BCUT2D eigenvalue weighted by Gasteiger charge is -2.19. The van der Waals surface area contributed by atoms with Crippen LogP contribution >= 0.6 is 11.8 Å². The van der Waals surface area contributed by atoms with Crippen molar-refractivity contribution in [2.75, 3.05) is 17.3 Å². The average Bonchev–Trinajstić information content (AvgIpc) is 3.04. The van der Waals surface area contributed by atoms with Crippen LogP contribution in [0.5, 0.6) is 0 Å². The topological polar surface area (TPSA) is 104 Å². The van der Waals surface area contributed by atoms with E-state index in [9.17, 15) is 14.4 Å². The highest BCUT2D eigenvalue weighted by Crippen LogP contribution is 2.17. The molecule has 7 nitrogen and oxygen atoms in total. The van der Waals surface area contributed by atoms with Crippen LogP contribution in [0.4, 0.5) is 5.69 Å². The molecule has 3 aromatic rings. The summed E-state index contributed by atoms with van der Waals surface area (Å²) in [6.45, 7) is 1.85. The summed E-state index contributed by atoms with van der Waals surface area (Å²) in [4.78, 5) is 39.2. The van der Waals surface area contributed by atoms with E-state index in [1.54, 1.807) is 42.1 Å². The second-order valence-corrected chi connectivity index (χ2v) is 7.32. The third-order valence-electron chi connectivity index (χ3n) is 4.31. The molecule has 1 atom stereocenters. The number of hydrogen-bond donors (Lipinski definition) is 3. The summed E-state index contributed by atoms with van der Waals surface area (Å²) in [6, 6.07) is 11.4. The van der Waals surface area contributed by atoms with E-state index in [0.717, 1.165) is 11.3 Å². The third kappa shape index (κ3) is 4.64. The number of carbonyl (C=O) groups is 2. The number of rotatable bonds is 7. The van der Waals surface area contributed by atoms with Gasteiger partial charge in [0.25, 0.3) is 5.91 Å². The maximum atomic E-state index is 12.8. The molecule has 0 saturated heterocycles. The molecule has 0 aliphatic carbocycles. The fraction of sp³-hybridized carbons (Fsp3) is 0.250. The van der Waals surface area contributed by atoms with Gasteiger partial charge in [0.2, 0.25) is 5.91 Å². The molecule has 3 N–H and O–H groups in total. The van der Waals surface area contributed by atoms with Gasteiger partial charge < -0.3 is 15.1 Å². The molecule has 0 aliphatic heterocycles. The lowest BCUT2D eigenvalue weighted by molar-refractivity contribution is -0.118. The molecule has 2 amide bonds. The van der Waals surface area contributed by atoms with Crippen molar-refractivity contribution in [3.05, 3.63) is 64.1 Å². The van der Waals surface area contributed by atoms with E-state index < -0.39 is 11.8 Å². The van der Waals surface area contributed by atoms with Crippen molar-refractivity contribution in [1.29, 1.82) is 0 Å². The summed E-state index contributed by atoms with van der Waals surface area (Å²) >= 11 is 1.60. The molecule has 0 fully saturated rings. The van der Waals surface area contributed by atoms with Crippen molar-refractivity contribution in [3.8, 4) is 0 Å². The van der Waals surface area contributed by atoms with E-state index in [2.05, 4.69) is 15.6 Å². The van der Waals surface area contributed by atoms with Crippen LogP contribution in [-0.4, -0.2) is 34.8 Å². The normalized spacial score (nSPS) is 11.9. The summed E-state index contributed by atoms with van der Waals surface area (Å²) in [5.74, 6) is -0.433. The standard InChI is InChI=1S/C20H21N3O4S/c1-12-5-3-4-6-14(12)18(24)22-15(9-10-28-2)19(25)21-13-7-8-17-16(11-13)23-20(26)27-17/h3-8,11,15H,9-10H2,1-2H3,(H,21,25)(H,22,24)(H,23,26). The van der Waals surface area contributed by atoms with Gasteiger partial charge in [0.05, 0.1) is 5.52 Å². The summed E-state index contributed by atoms with van der Waals surface area (Å²) < 4.78 is 4.96. The molecular formula is C20H21N3O4S. The van der Waals surface area contributed by atoms with Crippen LogP contribution < -0.4 is 16.4 Å². The van der Waals surface area contributed by atoms with Gasteiger partial charge in [-0.05, 0) is 55.2 Å². The van der Waals surface area contributed by atoms with E-state index in [-0.39, 0.29) is 11.8 Å². The van der Waals surface area contributed by atoms with Gasteiger partial charge in [-0.3, -0.25) is 14.6 Å². The predicted molar refractivity (Wildman–Crippen MR) is 111 cm³/mol. The van der Waals surface area contributed by atoms with Crippen molar-refractivity contribution in [2.45, 2.75) is 19.4 Å². The molecule has 0 radical (unpaired) electrons. The monoisotopic (exact) mass is 399 g/mol. The molecule has 1 heterocycles. The summed E-state index contributed by atoms with van der Waals surface area (Å²) in [7, 11) is 0. The fourth-order valence-corrected chi connectivity index (χ4v) is 3.30. The van der Waals surface area contributed by atoms with E-state index >= 15 is 0 Å². The minimum Gasteiger partial charge on any atom is -0.408 e. The SMILES string of the molecule is CSCCC(NC(=O)c1ccccc1C)C(=O)Nc1ccc2oc(=O)[nH]c2c1. The number of carbonyl (C=O) groups excluding carboxylic acids is 2. The average molecular weight is 399 g/mol. The van der Waals surface area contributed by atoms with E-state index in [0.29, 0.717) is 28.8 Å². The predicted octanol–water partition coefficient (Wildman–Crippen LogP) is 2.92. The van der Waals surface area contributed by atoms with Crippen LogP contribution in [0.15, 0.2) is 51.7 Å². The summed E-state index contributed by atoms with van der Waals surface area (Å²) in [6.07, 6.45) is 2.44. The van der Waals surface area contributed by atoms with Gasteiger partial charge in [-0.25, -0.2) is 4.79 Å². The quantitative estimate of drug-likeness (QED) is 0.567. The third-order valence-corrected chi connectivity index (χ3v) is 4.95. The maximum absolute atomic E-state index is 12.8. The first-order valence-electron chi connectivity index (χ1n) is 8.77. The lowest BCUT2D eigenvalue weighted by Crippen LogP contribution is -2.44. The number of amides is 2. The molecule has 1 aromatic heterocycles. The van der Waals surface area contributed by atoms with Crippen LogP contribution in [-0.2, 0) is 4.79 Å². The van der Waals surface area contributed by atoms with Gasteiger partial charge in [0.15, 0.2) is 5.58 Å². The Hall–Kier alpha value is -3.00. The number of fused-ring (bicyclic) bond motifs is 1. The van der Waals surface area contributed by atoms with Gasteiger partial charge in [0.1, 0.15) is 6.04 Å². The molecule has 28 heavy (non-hydrogen) atoms. The maximum Gasteiger partial charge on any atom is 0.417 e. The number of nitrogens with one attached hydrogen (secondary N) is 3. The highest BCUT2D eigenvalue weighted by molar-refractivity contribution is 7.98. The molecule has 0 aliphatic rings. The fourth-order valence-electron chi connectivity index (χ4n) is 2.83. The first kappa shape index (κ1) is 19.8. The highest BCUT2D eigenvalue weighted by atomic mass is 32.2. The number of benzene rings is 2. The minimum absolute atomic E-state index is 0.283. The summed E-state index contributed by atoms with van der Waals surface area (Å²) in [5, 5.41) is 5.63. The van der Waals surface area contributed by atoms with Gasteiger partial charge >= 0.3 is 5.76 Å². The smallest absolute Gasteiger partial charge is 0.408 e. The van der Waals surface area contributed by atoms with Crippen molar-refractivity contribution in [1.82, 2.24) is 10.3 Å². The van der Waals surface area contributed by atoms with Crippen molar-refractivity contribution in [2.24, 2.45) is 0 Å². The van der Waals surface area contributed by atoms with Gasteiger partial charge in [-0.1, -0.05) is 18.2 Å². The number of oxazole rings is 1. The van der Waals surface area contributed by atoms with Crippen LogP contribution in [0.3, 0.4) is 0 Å². The van der Waals surface area contributed by atoms with Crippen LogP contribution in [0.1, 0.15) is 22.3 Å². The molecule has 3 rings (SSSR count). The number of aryl methyl sites for hydroxylation is 1. The van der Waals surface area contributed by atoms with Gasteiger partial charge in [-0.15, -0.1) is 0 Å². The Morgan fingerprint density at radius 1 is 1.21 bits per heavy atom. The largest absolute Gasteiger partial charge is 0.417 e. The first-order chi connectivity index (χ1) is 13.5. The van der Waals surface area contributed by atoms with Crippen molar-refractivity contribution < 1.29 is 14.0 Å². The molecular weight excluding hydrogens is 378 g/mol. The Balaban J connectivity index is 1.75. The Bertz CT molecular complexity index is 1060. The number of aromatic nitrogens is 1. The molecule has 2 aromatic carbocycles. The molecule has 0 bridgehead atoms. The molecule has 0 saturated carbocycles. The zero-order valence-corrected chi connectivity index (χ0v) is 16.4. The van der Waals surface area contributed by atoms with E-state index in [4.69, 9.17) is 4.42 Å². The number of anilines is 1. The zero-order valence-electron chi connectivity index (χ0n) is 15.6. The van der Waals surface area contributed by atoms with Crippen LogP contribution in [0.25, 0.3) is 11.1 Å². The van der Waals surface area contributed by atoms with Crippen molar-refractivity contribution >= 4 is 40.4 Å². The summed E-state index contributed by atoms with van der Waals surface area (Å²) in [5.41, 5.74) is 2.80. The van der Waals surface area contributed by atoms with Crippen LogP contribution in [0.2, 0.25) is 0 Å². The number of hydrogen-bond acceptors (Lipinski definition) is 5. The van der Waals surface area contributed by atoms with E-state index in [1.165, 1.54) is 0 Å². The molecule has 0 spiro atoms. The number of thioether (sulfide) groups is 1. The van der Waals surface area contributed by atoms with E-state index in [1.807, 2.05) is 25.3 Å². The molecule has 1 unspecified atom stereocenters. The van der Waals surface area contributed by atoms with Crippen LogP contribution in [0, 0.1) is 6.92 Å². The van der Waals surface area contributed by atoms with Gasteiger partial charge in [-0.2, -0.15) is 11.8 Å². The first-order valence-corrected chi connectivity index (χ1v) is 10.2. The van der Waals surface area contributed by atoms with Gasteiger partial charge in [0, 0.05) is 11.3 Å². The Morgan fingerprint density at radius 2 is 2.00 bits per heavy atom. The second-order valence-electron chi connectivity index (χ2n) is 6.34. The molecule has 146 valence electrons. The van der Waals surface area contributed by atoms with Crippen molar-refractivity contribution in [3.63, 3.8) is 0 Å². The second kappa shape index (κ2) is 8.79. The number of aromatic amines is 1. The highest BCUT2D eigenvalue weighted by Gasteiger charge is 2.22. The minimum atomic E-state index is -0.682. The Morgan fingerprint density at radius 3 is 2.75 bits per heavy atom. The lowest BCUT2D eigenvalue weighted by atomic mass is 10.1. The Labute approximate surface area is 165 Å². The zero-order chi connectivity index (χ0) is 20.1. The Kier molecular flexibility index (Phi) is 6.20. The molecule has 8 heteroatoms.